The van der Waals surface area contributed by atoms with Crippen LogP contribution in [0.1, 0.15) is 0 Å². The first-order valence-electron chi connectivity index (χ1n) is 6.75. The van der Waals surface area contributed by atoms with Gasteiger partial charge in [0, 0.05) is 12.7 Å². The Kier molecular flexibility index (Phi) is 4.55. The van der Waals surface area contributed by atoms with E-state index in [4.69, 9.17) is 0 Å². The van der Waals surface area contributed by atoms with Crippen molar-refractivity contribution in [1.29, 1.82) is 0 Å². The number of rotatable bonds is 6. The zero-order chi connectivity index (χ0) is 15.5. The lowest BCUT2D eigenvalue weighted by molar-refractivity contribution is 0.373. The van der Waals surface area contributed by atoms with Gasteiger partial charge in [0.05, 0.1) is 18.4 Å². The van der Waals surface area contributed by atoms with Crippen molar-refractivity contribution in [3.63, 3.8) is 0 Å². The molecule has 0 saturated heterocycles. The van der Waals surface area contributed by atoms with Crippen LogP contribution in [0, 0.1) is 0 Å². The van der Waals surface area contributed by atoms with Crippen LogP contribution in [0.5, 0.6) is 0 Å². The Labute approximate surface area is 136 Å². The minimum absolute atomic E-state index is 0.729. The van der Waals surface area contributed by atoms with Crippen LogP contribution >= 0.6 is 23.1 Å². The lowest BCUT2D eigenvalue weighted by Gasteiger charge is -2.08. The van der Waals surface area contributed by atoms with Gasteiger partial charge in [-0.15, -0.1) is 11.3 Å². The molecule has 0 aliphatic heterocycles. The van der Waals surface area contributed by atoms with Crippen molar-refractivity contribution >= 4 is 45.0 Å². The molecular weight excluding hydrogens is 318 g/mol. The summed E-state index contributed by atoms with van der Waals surface area (Å²) < 4.78 is 3.87. The van der Waals surface area contributed by atoms with E-state index in [9.17, 15) is 0 Å². The Bertz CT molecular complexity index is 765. The van der Waals surface area contributed by atoms with Gasteiger partial charge >= 0.3 is 0 Å². The van der Waals surface area contributed by atoms with Crippen LogP contribution in [0.2, 0.25) is 0 Å². The molecule has 3 rings (SSSR count). The summed E-state index contributed by atoms with van der Waals surface area (Å²) in [5.41, 5.74) is 1.64. The van der Waals surface area contributed by atoms with Crippen LogP contribution in [-0.2, 0) is 6.54 Å². The number of nitrogens with one attached hydrogen (secondary N) is 1. The maximum atomic E-state index is 4.45. The van der Waals surface area contributed by atoms with Gasteiger partial charge in [-0.3, -0.25) is 4.68 Å². The van der Waals surface area contributed by atoms with E-state index < -0.39 is 0 Å². The summed E-state index contributed by atoms with van der Waals surface area (Å²) in [6.45, 7) is 1.80. The fourth-order valence-corrected chi connectivity index (χ4v) is 3.36. The first-order chi connectivity index (χ1) is 10.7. The average Bonchev–Trinajstić information content (AvgIpc) is 3.11. The predicted octanol–water partition coefficient (Wildman–Crippen LogP) is 2.31. The predicted molar refractivity (Wildman–Crippen MR) is 91.1 cm³/mol. The summed E-state index contributed by atoms with van der Waals surface area (Å²) in [6.07, 6.45) is 7.33. The number of hydrogen-bond donors (Lipinski definition) is 1. The Hall–Kier alpha value is -1.71. The van der Waals surface area contributed by atoms with Gasteiger partial charge in [-0.1, -0.05) is 11.8 Å². The lowest BCUT2D eigenvalue weighted by atomic mass is 10.5. The number of aromatic nitrogens is 5. The number of hydrogen-bond acceptors (Lipinski definition) is 8. The van der Waals surface area contributed by atoms with Crippen LogP contribution in [0.15, 0.2) is 23.1 Å². The molecule has 0 aromatic carbocycles. The van der Waals surface area contributed by atoms with E-state index in [1.54, 1.807) is 29.3 Å². The van der Waals surface area contributed by atoms with E-state index in [1.165, 1.54) is 6.33 Å². The Morgan fingerprint density at radius 2 is 2.23 bits per heavy atom. The Morgan fingerprint density at radius 1 is 1.36 bits per heavy atom. The standard InChI is InChI=1S/C13H17N7S2/c1-19(2)4-5-20-7-9(6-16-20)17-11-10-12(15-8-14-11)18-13(21-3)22-10/h6-8H,4-5H2,1-3H3,(H,14,15,17). The molecule has 7 nitrogen and oxygen atoms in total. The second-order valence-electron chi connectivity index (χ2n) is 4.98. The van der Waals surface area contributed by atoms with Crippen LogP contribution < -0.4 is 5.32 Å². The van der Waals surface area contributed by atoms with Crippen LogP contribution in [-0.4, -0.2) is 56.5 Å². The third-order valence-electron chi connectivity index (χ3n) is 3.02. The van der Waals surface area contributed by atoms with Gasteiger partial charge in [-0.2, -0.15) is 5.10 Å². The highest BCUT2D eigenvalue weighted by molar-refractivity contribution is 8.00. The van der Waals surface area contributed by atoms with Gasteiger partial charge in [-0.25, -0.2) is 15.0 Å². The molecule has 0 aliphatic carbocycles. The third-order valence-corrected chi connectivity index (χ3v) is 5.05. The zero-order valence-electron chi connectivity index (χ0n) is 12.6. The summed E-state index contributed by atoms with van der Waals surface area (Å²) in [5, 5.41) is 7.66. The fraction of sp³-hybridized carbons (Fsp3) is 0.385. The van der Waals surface area contributed by atoms with Crippen LogP contribution in [0.3, 0.4) is 0 Å². The van der Waals surface area contributed by atoms with E-state index in [-0.39, 0.29) is 0 Å². The number of nitrogens with zero attached hydrogens (tertiary/aromatic N) is 6. The van der Waals surface area contributed by atoms with Crippen molar-refractivity contribution in [3.8, 4) is 0 Å². The second-order valence-corrected chi connectivity index (χ2v) is 7.03. The van der Waals surface area contributed by atoms with Gasteiger partial charge in [-0.05, 0) is 20.4 Å². The minimum atomic E-state index is 0.729. The molecule has 1 N–H and O–H groups in total. The molecule has 9 heteroatoms. The largest absolute Gasteiger partial charge is 0.336 e. The molecule has 0 aliphatic rings. The highest BCUT2D eigenvalue weighted by atomic mass is 32.2. The van der Waals surface area contributed by atoms with Crippen LogP contribution in [0.25, 0.3) is 10.3 Å². The molecule has 0 bridgehead atoms. The molecule has 3 aromatic heterocycles. The summed E-state index contributed by atoms with van der Waals surface area (Å²) >= 11 is 3.21. The quantitative estimate of drug-likeness (QED) is 0.693. The number of anilines is 2. The lowest BCUT2D eigenvalue weighted by Crippen LogP contribution is -2.18. The van der Waals surface area contributed by atoms with Crippen molar-refractivity contribution in [2.45, 2.75) is 10.9 Å². The fourth-order valence-electron chi connectivity index (χ4n) is 1.90. The molecule has 3 aromatic rings. The number of likely N-dealkylation sites (N-methyl/N-ethyl adjacent to an activating group) is 1. The topological polar surface area (TPSA) is 71.8 Å². The maximum absolute atomic E-state index is 4.45. The van der Waals surface area contributed by atoms with E-state index in [0.717, 1.165) is 39.3 Å². The molecule has 0 saturated carbocycles. The Morgan fingerprint density at radius 3 is 3.00 bits per heavy atom. The molecule has 0 spiro atoms. The van der Waals surface area contributed by atoms with Gasteiger partial charge in [0.1, 0.15) is 11.0 Å². The number of thiazole rings is 1. The monoisotopic (exact) mass is 335 g/mol. The molecule has 0 amide bonds. The van der Waals surface area contributed by atoms with E-state index in [0.29, 0.717) is 0 Å². The number of thioether (sulfide) groups is 1. The molecule has 0 radical (unpaired) electrons. The highest BCUT2D eigenvalue weighted by Gasteiger charge is 2.11. The molecule has 0 fully saturated rings. The smallest absolute Gasteiger partial charge is 0.176 e. The van der Waals surface area contributed by atoms with Gasteiger partial charge in [0.2, 0.25) is 0 Å². The maximum Gasteiger partial charge on any atom is 0.176 e. The normalized spacial score (nSPS) is 11.5. The van der Waals surface area contributed by atoms with Crippen molar-refractivity contribution < 1.29 is 0 Å². The first kappa shape index (κ1) is 15.2. The van der Waals surface area contributed by atoms with Crippen molar-refractivity contribution in [3.05, 3.63) is 18.7 Å². The molecular formula is C13H17N7S2. The molecule has 22 heavy (non-hydrogen) atoms. The number of fused-ring (bicyclic) bond motifs is 1. The summed E-state index contributed by atoms with van der Waals surface area (Å²) in [7, 11) is 4.10. The molecule has 116 valence electrons. The average molecular weight is 335 g/mol. The summed E-state index contributed by atoms with van der Waals surface area (Å²) in [4.78, 5) is 15.1. The Balaban J connectivity index is 1.79. The van der Waals surface area contributed by atoms with Gasteiger partial charge in [0.25, 0.3) is 0 Å². The second kappa shape index (κ2) is 6.59. The van der Waals surface area contributed by atoms with Crippen molar-refractivity contribution in [2.24, 2.45) is 0 Å². The van der Waals surface area contributed by atoms with Crippen molar-refractivity contribution in [2.75, 3.05) is 32.2 Å². The third kappa shape index (κ3) is 3.37. The van der Waals surface area contributed by atoms with E-state index in [1.807, 2.05) is 31.2 Å². The molecule has 3 heterocycles. The highest BCUT2D eigenvalue weighted by Crippen LogP contribution is 2.32. The SMILES string of the molecule is CSc1nc2ncnc(Nc3cnn(CCN(C)C)c3)c2s1. The molecule has 0 atom stereocenters. The zero-order valence-corrected chi connectivity index (χ0v) is 14.3. The summed E-state index contributed by atoms with van der Waals surface area (Å²) in [5.74, 6) is 0.773. The van der Waals surface area contributed by atoms with Crippen molar-refractivity contribution in [1.82, 2.24) is 29.6 Å². The first-order valence-corrected chi connectivity index (χ1v) is 8.79. The van der Waals surface area contributed by atoms with Crippen LogP contribution in [0.4, 0.5) is 11.5 Å². The van der Waals surface area contributed by atoms with Gasteiger partial charge in [0.15, 0.2) is 15.8 Å². The van der Waals surface area contributed by atoms with E-state index >= 15 is 0 Å². The minimum Gasteiger partial charge on any atom is -0.336 e. The van der Waals surface area contributed by atoms with E-state index in [2.05, 4.69) is 30.3 Å². The summed E-state index contributed by atoms with van der Waals surface area (Å²) in [6, 6.07) is 0. The van der Waals surface area contributed by atoms with Gasteiger partial charge < -0.3 is 10.2 Å². The molecule has 0 unspecified atom stereocenters.